The van der Waals surface area contributed by atoms with E-state index in [-0.39, 0.29) is 19.1 Å². The standard InChI is InChI=1S/C11H16ClN3O3/c1-8-10(12)5-15(13-8)6-11(17)14-2-3-18-7-9(16)4-14/h5,9,16H,2-4,6-7H2,1H3/t9-/m0/s1. The minimum absolute atomic E-state index is 0.0984. The highest BCUT2D eigenvalue weighted by Gasteiger charge is 2.21. The van der Waals surface area contributed by atoms with E-state index in [1.807, 2.05) is 0 Å². The minimum atomic E-state index is -0.626. The molecule has 1 fully saturated rings. The summed E-state index contributed by atoms with van der Waals surface area (Å²) in [4.78, 5) is 13.6. The lowest BCUT2D eigenvalue weighted by molar-refractivity contribution is -0.133. The Morgan fingerprint density at radius 3 is 3.17 bits per heavy atom. The first-order valence-corrected chi connectivity index (χ1v) is 6.17. The molecule has 0 saturated carbocycles. The highest BCUT2D eigenvalue weighted by atomic mass is 35.5. The fourth-order valence-electron chi connectivity index (χ4n) is 1.83. The molecular formula is C11H16ClN3O3. The van der Waals surface area contributed by atoms with Crippen LogP contribution in [0.4, 0.5) is 0 Å². The number of β-amino-alcohol motifs (C(OH)–C–C–N with tert-alkyl or cyclic N) is 1. The van der Waals surface area contributed by atoms with Crippen molar-refractivity contribution in [3.63, 3.8) is 0 Å². The van der Waals surface area contributed by atoms with Gasteiger partial charge in [0.15, 0.2) is 0 Å². The Labute approximate surface area is 110 Å². The summed E-state index contributed by atoms with van der Waals surface area (Å²) in [7, 11) is 0. The number of amides is 1. The van der Waals surface area contributed by atoms with Gasteiger partial charge in [-0.25, -0.2) is 0 Å². The highest BCUT2D eigenvalue weighted by molar-refractivity contribution is 6.31. The van der Waals surface area contributed by atoms with Gasteiger partial charge in [0.1, 0.15) is 6.54 Å². The van der Waals surface area contributed by atoms with Gasteiger partial charge in [0.25, 0.3) is 0 Å². The molecule has 2 heterocycles. The van der Waals surface area contributed by atoms with E-state index in [0.29, 0.717) is 30.4 Å². The van der Waals surface area contributed by atoms with Crippen molar-refractivity contribution in [3.05, 3.63) is 16.9 Å². The van der Waals surface area contributed by atoms with Crippen molar-refractivity contribution in [2.45, 2.75) is 19.6 Å². The maximum atomic E-state index is 12.0. The Bertz CT molecular complexity index is 416. The molecule has 1 N–H and O–H groups in total. The summed E-state index contributed by atoms with van der Waals surface area (Å²) in [6.07, 6.45) is 0.999. The molecule has 0 radical (unpaired) electrons. The predicted octanol–water partition coefficient (Wildman–Crippen LogP) is 0.0646. The summed E-state index contributed by atoms with van der Waals surface area (Å²) >= 11 is 5.88. The maximum absolute atomic E-state index is 12.0. The van der Waals surface area contributed by atoms with E-state index >= 15 is 0 Å². The highest BCUT2D eigenvalue weighted by Crippen LogP contribution is 2.12. The molecule has 7 heteroatoms. The zero-order valence-corrected chi connectivity index (χ0v) is 10.9. The molecule has 1 aromatic rings. The minimum Gasteiger partial charge on any atom is -0.389 e. The largest absolute Gasteiger partial charge is 0.389 e. The number of hydrogen-bond donors (Lipinski definition) is 1. The summed E-state index contributed by atoms with van der Waals surface area (Å²) < 4.78 is 6.69. The molecule has 1 aliphatic rings. The first-order valence-electron chi connectivity index (χ1n) is 5.79. The van der Waals surface area contributed by atoms with Gasteiger partial charge < -0.3 is 14.7 Å². The van der Waals surface area contributed by atoms with Crippen molar-refractivity contribution in [2.24, 2.45) is 0 Å². The van der Waals surface area contributed by atoms with Gasteiger partial charge in [0.05, 0.1) is 30.0 Å². The van der Waals surface area contributed by atoms with E-state index in [4.69, 9.17) is 16.3 Å². The predicted molar refractivity (Wildman–Crippen MR) is 65.4 cm³/mol. The van der Waals surface area contributed by atoms with Gasteiger partial charge in [-0.3, -0.25) is 9.48 Å². The molecule has 0 aromatic carbocycles. The number of aryl methyl sites for hydroxylation is 1. The quantitative estimate of drug-likeness (QED) is 0.828. The van der Waals surface area contributed by atoms with Crippen LogP contribution in [0.15, 0.2) is 6.20 Å². The van der Waals surface area contributed by atoms with Crippen LogP contribution >= 0.6 is 11.6 Å². The van der Waals surface area contributed by atoms with Crippen molar-refractivity contribution in [1.82, 2.24) is 14.7 Å². The molecule has 6 nitrogen and oxygen atoms in total. The topological polar surface area (TPSA) is 67.6 Å². The third kappa shape index (κ3) is 3.22. The van der Waals surface area contributed by atoms with Crippen LogP contribution < -0.4 is 0 Å². The molecule has 0 spiro atoms. The number of rotatable bonds is 2. The lowest BCUT2D eigenvalue weighted by Gasteiger charge is -2.21. The Hall–Kier alpha value is -1.11. The molecule has 0 unspecified atom stereocenters. The maximum Gasteiger partial charge on any atom is 0.244 e. The summed E-state index contributed by atoms with van der Waals surface area (Å²) in [6.45, 7) is 3.42. The summed E-state index contributed by atoms with van der Waals surface area (Å²) in [5.41, 5.74) is 0.698. The first-order chi connectivity index (χ1) is 8.56. The van der Waals surface area contributed by atoms with E-state index in [9.17, 15) is 9.90 Å². The molecule has 1 aromatic heterocycles. The van der Waals surface area contributed by atoms with Gasteiger partial charge in [0.2, 0.25) is 5.91 Å². The number of nitrogens with zero attached hydrogens (tertiary/aromatic N) is 3. The number of carbonyl (C=O) groups excluding carboxylic acids is 1. The third-order valence-electron chi connectivity index (χ3n) is 2.78. The number of aliphatic hydroxyl groups excluding tert-OH is 1. The molecule has 1 atom stereocenters. The van der Waals surface area contributed by atoms with Crippen LogP contribution in [-0.4, -0.2) is 58.1 Å². The van der Waals surface area contributed by atoms with E-state index < -0.39 is 6.10 Å². The molecule has 1 saturated heterocycles. The monoisotopic (exact) mass is 273 g/mol. The van der Waals surface area contributed by atoms with E-state index in [1.54, 1.807) is 18.0 Å². The van der Waals surface area contributed by atoms with Crippen LogP contribution in [0.1, 0.15) is 5.69 Å². The zero-order valence-electron chi connectivity index (χ0n) is 10.2. The molecule has 1 amide bonds. The van der Waals surface area contributed by atoms with Crippen LogP contribution in [0.3, 0.4) is 0 Å². The van der Waals surface area contributed by atoms with Crippen molar-refractivity contribution >= 4 is 17.5 Å². The fraction of sp³-hybridized carbons (Fsp3) is 0.636. The number of halogens is 1. The molecule has 0 bridgehead atoms. The van der Waals surface area contributed by atoms with Gasteiger partial charge in [0, 0.05) is 19.3 Å². The van der Waals surface area contributed by atoms with Crippen LogP contribution in [0, 0.1) is 6.92 Å². The van der Waals surface area contributed by atoms with Gasteiger partial charge in [-0.05, 0) is 6.92 Å². The third-order valence-corrected chi connectivity index (χ3v) is 3.15. The van der Waals surface area contributed by atoms with Crippen LogP contribution in [0.5, 0.6) is 0 Å². The summed E-state index contributed by atoms with van der Waals surface area (Å²) in [5.74, 6) is -0.0984. The Morgan fingerprint density at radius 1 is 1.72 bits per heavy atom. The molecular weight excluding hydrogens is 258 g/mol. The number of ether oxygens (including phenoxy) is 1. The average Bonchev–Trinajstić information content (AvgIpc) is 2.53. The van der Waals surface area contributed by atoms with Crippen LogP contribution in [-0.2, 0) is 16.1 Å². The van der Waals surface area contributed by atoms with E-state index in [2.05, 4.69) is 5.10 Å². The van der Waals surface area contributed by atoms with Crippen molar-refractivity contribution < 1.29 is 14.6 Å². The van der Waals surface area contributed by atoms with Crippen molar-refractivity contribution in [3.8, 4) is 0 Å². The number of carbonyl (C=O) groups is 1. The van der Waals surface area contributed by atoms with E-state index in [1.165, 1.54) is 4.68 Å². The second-order valence-corrected chi connectivity index (χ2v) is 4.74. The molecule has 100 valence electrons. The average molecular weight is 274 g/mol. The molecule has 0 aliphatic carbocycles. The Balaban J connectivity index is 1.98. The fourth-order valence-corrected chi connectivity index (χ4v) is 1.98. The summed E-state index contributed by atoms with van der Waals surface area (Å²) in [5, 5.41) is 14.2. The van der Waals surface area contributed by atoms with Gasteiger partial charge in [-0.2, -0.15) is 5.10 Å². The second-order valence-electron chi connectivity index (χ2n) is 4.33. The van der Waals surface area contributed by atoms with Crippen molar-refractivity contribution in [1.29, 1.82) is 0 Å². The Morgan fingerprint density at radius 2 is 2.50 bits per heavy atom. The smallest absolute Gasteiger partial charge is 0.244 e. The lowest BCUT2D eigenvalue weighted by Crippen LogP contribution is -2.39. The van der Waals surface area contributed by atoms with Crippen LogP contribution in [0.2, 0.25) is 5.02 Å². The SMILES string of the molecule is Cc1nn(CC(=O)N2CCOC[C@@H](O)C2)cc1Cl. The molecule has 18 heavy (non-hydrogen) atoms. The van der Waals surface area contributed by atoms with Gasteiger partial charge in [-0.1, -0.05) is 11.6 Å². The first kappa shape index (κ1) is 13.3. The van der Waals surface area contributed by atoms with Gasteiger partial charge >= 0.3 is 0 Å². The molecule has 1 aliphatic heterocycles. The summed E-state index contributed by atoms with van der Waals surface area (Å²) in [6, 6.07) is 0. The second kappa shape index (κ2) is 5.69. The normalized spacial score (nSPS) is 20.8. The zero-order chi connectivity index (χ0) is 13.1. The Kier molecular flexibility index (Phi) is 4.21. The van der Waals surface area contributed by atoms with Gasteiger partial charge in [-0.15, -0.1) is 0 Å². The molecule has 2 rings (SSSR count). The number of aliphatic hydroxyl groups is 1. The van der Waals surface area contributed by atoms with Crippen LogP contribution in [0.25, 0.3) is 0 Å². The van der Waals surface area contributed by atoms with E-state index in [0.717, 1.165) is 0 Å². The number of hydrogen-bond acceptors (Lipinski definition) is 4. The lowest BCUT2D eigenvalue weighted by atomic mass is 10.3. The van der Waals surface area contributed by atoms with Crippen molar-refractivity contribution in [2.75, 3.05) is 26.3 Å². The number of aromatic nitrogens is 2.